The van der Waals surface area contributed by atoms with Crippen molar-refractivity contribution in [1.29, 1.82) is 0 Å². The molecule has 0 radical (unpaired) electrons. The van der Waals surface area contributed by atoms with Gasteiger partial charge in [-0.25, -0.2) is 9.98 Å². The van der Waals surface area contributed by atoms with E-state index >= 15 is 0 Å². The molecule has 0 fully saturated rings. The van der Waals surface area contributed by atoms with Gasteiger partial charge in [0.2, 0.25) is 5.78 Å². The number of aliphatic imine (C=N–C) groups is 1. The normalized spacial score (nSPS) is 11.2. The molecule has 0 unspecified atom stereocenters. The number of ketones is 1. The Hall–Kier alpha value is -3.57. The van der Waals surface area contributed by atoms with Gasteiger partial charge in [-0.05, 0) is 43.5 Å². The van der Waals surface area contributed by atoms with Gasteiger partial charge in [-0.3, -0.25) is 4.79 Å². The minimum Gasteiger partial charge on any atom is -0.366 e. The van der Waals surface area contributed by atoms with Crippen molar-refractivity contribution in [2.24, 2.45) is 4.99 Å². The number of carbonyl (C=O) groups is 1. The molecular weight excluding hydrogens is 438 g/mol. The third kappa shape index (κ3) is 5.32. The molecule has 4 aromatic rings. The standard InChI is InChI=1S/C29H29N3OS/c1-5-32(4)19-30-25-17-20(2)24(16-21(25)3)18-26-31-27(22-12-8-6-9-13-22)29(34-26)28(33)23-14-10-7-11-15-23/h6-17,19H,5,18H2,1-4H3/b30-19+. The molecule has 0 aliphatic carbocycles. The Morgan fingerprint density at radius 1 is 1.00 bits per heavy atom. The van der Waals surface area contributed by atoms with Crippen LogP contribution in [0.5, 0.6) is 0 Å². The Kier molecular flexibility index (Phi) is 7.33. The molecular formula is C29H29N3OS. The van der Waals surface area contributed by atoms with Crippen LogP contribution >= 0.6 is 11.3 Å². The Morgan fingerprint density at radius 2 is 1.68 bits per heavy atom. The molecule has 0 amide bonds. The minimum atomic E-state index is 0.0147. The van der Waals surface area contributed by atoms with Crippen molar-refractivity contribution < 1.29 is 4.79 Å². The molecule has 4 rings (SSSR count). The molecule has 1 aromatic heterocycles. The summed E-state index contributed by atoms with van der Waals surface area (Å²) in [5.41, 5.74) is 6.87. The second-order valence-corrected chi connectivity index (χ2v) is 9.49. The smallest absolute Gasteiger partial charge is 0.205 e. The third-order valence-corrected chi connectivity index (χ3v) is 6.90. The molecule has 0 saturated heterocycles. The number of thiazole rings is 1. The quantitative estimate of drug-likeness (QED) is 0.162. The van der Waals surface area contributed by atoms with E-state index in [1.807, 2.05) is 74.0 Å². The molecule has 0 spiro atoms. The molecule has 34 heavy (non-hydrogen) atoms. The van der Waals surface area contributed by atoms with Crippen LogP contribution in [-0.2, 0) is 6.42 Å². The number of hydrogen-bond donors (Lipinski definition) is 0. The lowest BCUT2D eigenvalue weighted by Crippen LogP contribution is -2.14. The largest absolute Gasteiger partial charge is 0.366 e. The Bertz CT molecular complexity index is 1310. The molecule has 172 valence electrons. The van der Waals surface area contributed by atoms with Crippen molar-refractivity contribution >= 4 is 29.1 Å². The number of aromatic nitrogens is 1. The van der Waals surface area contributed by atoms with Crippen molar-refractivity contribution in [3.05, 3.63) is 105 Å². The highest BCUT2D eigenvalue weighted by atomic mass is 32.1. The summed E-state index contributed by atoms with van der Waals surface area (Å²) in [7, 11) is 2.02. The van der Waals surface area contributed by atoms with E-state index in [0.717, 1.165) is 34.1 Å². The first kappa shape index (κ1) is 23.6. The SMILES string of the molecule is CCN(C)/C=N/c1cc(C)c(Cc2nc(-c3ccccc3)c(C(=O)c3ccccc3)s2)cc1C. The summed E-state index contributed by atoms with van der Waals surface area (Å²) in [4.78, 5) is 25.7. The minimum absolute atomic E-state index is 0.0147. The van der Waals surface area contributed by atoms with Crippen LogP contribution in [0.3, 0.4) is 0 Å². The molecule has 0 N–H and O–H groups in total. The van der Waals surface area contributed by atoms with Crippen molar-refractivity contribution in [3.8, 4) is 11.3 Å². The van der Waals surface area contributed by atoms with Crippen LogP contribution in [0.25, 0.3) is 11.3 Å². The first-order chi connectivity index (χ1) is 16.5. The topological polar surface area (TPSA) is 45.6 Å². The van der Waals surface area contributed by atoms with Gasteiger partial charge in [-0.15, -0.1) is 11.3 Å². The Labute approximate surface area is 205 Å². The predicted molar refractivity (Wildman–Crippen MR) is 143 cm³/mol. The van der Waals surface area contributed by atoms with Gasteiger partial charge in [-0.2, -0.15) is 0 Å². The molecule has 0 bridgehead atoms. The summed E-state index contributed by atoms with van der Waals surface area (Å²) in [5, 5.41) is 0.933. The van der Waals surface area contributed by atoms with Gasteiger partial charge in [0.25, 0.3) is 0 Å². The van der Waals surface area contributed by atoms with Crippen molar-refractivity contribution in [3.63, 3.8) is 0 Å². The summed E-state index contributed by atoms with van der Waals surface area (Å²) in [6, 6.07) is 23.7. The zero-order chi connectivity index (χ0) is 24.1. The second kappa shape index (κ2) is 10.6. The van der Waals surface area contributed by atoms with Gasteiger partial charge in [0, 0.05) is 31.1 Å². The zero-order valence-electron chi connectivity index (χ0n) is 20.1. The van der Waals surface area contributed by atoms with Crippen LogP contribution in [-0.4, -0.2) is 35.6 Å². The van der Waals surface area contributed by atoms with E-state index in [1.54, 1.807) is 0 Å². The second-order valence-electron chi connectivity index (χ2n) is 8.41. The fourth-order valence-electron chi connectivity index (χ4n) is 3.70. The maximum Gasteiger partial charge on any atom is 0.205 e. The van der Waals surface area contributed by atoms with Gasteiger partial charge < -0.3 is 4.90 Å². The first-order valence-electron chi connectivity index (χ1n) is 11.5. The van der Waals surface area contributed by atoms with Crippen molar-refractivity contribution in [1.82, 2.24) is 9.88 Å². The average Bonchev–Trinajstić information content (AvgIpc) is 3.29. The van der Waals surface area contributed by atoms with Crippen molar-refractivity contribution in [2.45, 2.75) is 27.2 Å². The van der Waals surface area contributed by atoms with Gasteiger partial charge >= 0.3 is 0 Å². The van der Waals surface area contributed by atoms with Gasteiger partial charge in [-0.1, -0.05) is 66.7 Å². The van der Waals surface area contributed by atoms with Gasteiger partial charge in [0.05, 0.1) is 22.7 Å². The number of carbonyl (C=O) groups excluding carboxylic acids is 1. The Morgan fingerprint density at radius 3 is 2.35 bits per heavy atom. The van der Waals surface area contributed by atoms with Crippen LogP contribution in [0.4, 0.5) is 5.69 Å². The number of nitrogens with zero attached hydrogens (tertiary/aromatic N) is 3. The summed E-state index contributed by atoms with van der Waals surface area (Å²) in [5.74, 6) is 0.0147. The predicted octanol–water partition coefficient (Wildman–Crippen LogP) is 6.86. The lowest BCUT2D eigenvalue weighted by atomic mass is 10.0. The number of hydrogen-bond acceptors (Lipinski definition) is 4. The first-order valence-corrected chi connectivity index (χ1v) is 12.3. The van der Waals surface area contributed by atoms with E-state index in [9.17, 15) is 4.79 Å². The van der Waals surface area contributed by atoms with Gasteiger partial charge in [0.1, 0.15) is 4.88 Å². The molecule has 3 aromatic carbocycles. The average molecular weight is 468 g/mol. The molecule has 0 atom stereocenters. The van der Waals surface area contributed by atoms with E-state index in [0.29, 0.717) is 16.9 Å². The fraction of sp³-hybridized carbons (Fsp3) is 0.207. The Balaban J connectivity index is 1.69. The monoisotopic (exact) mass is 467 g/mol. The summed E-state index contributed by atoms with van der Waals surface area (Å²) in [6.45, 7) is 7.21. The van der Waals surface area contributed by atoms with E-state index in [2.05, 4.69) is 42.8 Å². The van der Waals surface area contributed by atoms with Crippen LogP contribution in [0.15, 0.2) is 77.8 Å². The highest BCUT2D eigenvalue weighted by molar-refractivity contribution is 7.14. The molecule has 1 heterocycles. The van der Waals surface area contributed by atoms with E-state index in [1.165, 1.54) is 22.5 Å². The van der Waals surface area contributed by atoms with Crippen molar-refractivity contribution in [2.75, 3.05) is 13.6 Å². The summed E-state index contributed by atoms with van der Waals surface area (Å²) < 4.78 is 0. The zero-order valence-corrected chi connectivity index (χ0v) is 20.9. The number of rotatable bonds is 8. The van der Waals surface area contributed by atoms with Crippen LogP contribution in [0.2, 0.25) is 0 Å². The lowest BCUT2D eigenvalue weighted by Gasteiger charge is -2.11. The van der Waals surface area contributed by atoms with E-state index in [4.69, 9.17) is 4.98 Å². The number of aryl methyl sites for hydroxylation is 2. The summed E-state index contributed by atoms with van der Waals surface area (Å²) in [6.07, 6.45) is 2.55. The maximum absolute atomic E-state index is 13.4. The van der Waals surface area contributed by atoms with Crippen LogP contribution < -0.4 is 0 Å². The van der Waals surface area contributed by atoms with E-state index < -0.39 is 0 Å². The molecule has 0 saturated carbocycles. The molecule has 0 aliphatic rings. The summed E-state index contributed by atoms with van der Waals surface area (Å²) >= 11 is 1.49. The maximum atomic E-state index is 13.4. The van der Waals surface area contributed by atoms with Gasteiger partial charge in [0.15, 0.2) is 0 Å². The molecule has 4 nitrogen and oxygen atoms in total. The lowest BCUT2D eigenvalue weighted by molar-refractivity contribution is 0.104. The fourth-order valence-corrected chi connectivity index (χ4v) is 4.77. The highest BCUT2D eigenvalue weighted by Crippen LogP contribution is 2.33. The third-order valence-electron chi connectivity index (χ3n) is 5.85. The molecule has 5 heteroatoms. The highest BCUT2D eigenvalue weighted by Gasteiger charge is 2.21. The number of benzene rings is 3. The van der Waals surface area contributed by atoms with E-state index in [-0.39, 0.29) is 5.78 Å². The molecule has 0 aliphatic heterocycles. The van der Waals surface area contributed by atoms with Crippen LogP contribution in [0, 0.1) is 13.8 Å². The van der Waals surface area contributed by atoms with Crippen LogP contribution in [0.1, 0.15) is 43.9 Å².